The summed E-state index contributed by atoms with van der Waals surface area (Å²) in [5, 5.41) is 0.649. The van der Waals surface area contributed by atoms with Gasteiger partial charge in [0.05, 0.1) is 17.6 Å². The SMILES string of the molecule is O=C1/C(=C\c2ccc(-c3cccc(Cl)c3)o2)SC(=S)N1CC1CCCO1. The average molecular weight is 406 g/mol. The molecule has 0 spiro atoms. The molecule has 1 aromatic carbocycles. The second-order valence-electron chi connectivity index (χ2n) is 6.14. The first-order valence-corrected chi connectivity index (χ1v) is 9.93. The zero-order chi connectivity index (χ0) is 18.1. The molecule has 0 saturated carbocycles. The topological polar surface area (TPSA) is 42.7 Å². The molecular weight excluding hydrogens is 390 g/mol. The van der Waals surface area contributed by atoms with Crippen LogP contribution in [0.25, 0.3) is 17.4 Å². The lowest BCUT2D eigenvalue weighted by molar-refractivity contribution is -0.123. The van der Waals surface area contributed by atoms with Gasteiger partial charge in [0.15, 0.2) is 0 Å². The maximum absolute atomic E-state index is 12.7. The summed E-state index contributed by atoms with van der Waals surface area (Å²) in [5.74, 6) is 1.22. The Morgan fingerprint density at radius 2 is 2.23 bits per heavy atom. The molecule has 2 fully saturated rings. The van der Waals surface area contributed by atoms with Gasteiger partial charge in [0, 0.05) is 23.3 Å². The molecule has 0 N–H and O–H groups in total. The summed E-state index contributed by atoms with van der Waals surface area (Å²) in [7, 11) is 0. The number of nitrogens with zero attached hydrogens (tertiary/aromatic N) is 1. The van der Waals surface area contributed by atoms with Crippen molar-refractivity contribution in [1.82, 2.24) is 4.90 Å². The Balaban J connectivity index is 1.51. The Morgan fingerprint density at radius 3 is 3.00 bits per heavy atom. The highest BCUT2D eigenvalue weighted by atomic mass is 35.5. The number of rotatable bonds is 4. The third-order valence-corrected chi connectivity index (χ3v) is 5.91. The third-order valence-electron chi connectivity index (χ3n) is 4.29. The van der Waals surface area contributed by atoms with Gasteiger partial charge in [-0.3, -0.25) is 9.69 Å². The van der Waals surface area contributed by atoms with E-state index in [4.69, 9.17) is 33.0 Å². The van der Waals surface area contributed by atoms with Crippen molar-refractivity contribution in [2.45, 2.75) is 18.9 Å². The highest BCUT2D eigenvalue weighted by Crippen LogP contribution is 2.34. The van der Waals surface area contributed by atoms with Gasteiger partial charge < -0.3 is 9.15 Å². The van der Waals surface area contributed by atoms with E-state index in [1.54, 1.807) is 11.0 Å². The largest absolute Gasteiger partial charge is 0.457 e. The number of thioether (sulfide) groups is 1. The fourth-order valence-electron chi connectivity index (χ4n) is 3.01. The predicted octanol–water partition coefficient (Wildman–Crippen LogP) is 4.98. The van der Waals surface area contributed by atoms with Crippen molar-refractivity contribution < 1.29 is 13.9 Å². The fraction of sp³-hybridized carbons (Fsp3) is 0.263. The van der Waals surface area contributed by atoms with Crippen LogP contribution in [0.3, 0.4) is 0 Å². The number of furan rings is 1. The van der Waals surface area contributed by atoms with Crippen LogP contribution in [0.2, 0.25) is 5.02 Å². The van der Waals surface area contributed by atoms with Gasteiger partial charge in [-0.2, -0.15) is 0 Å². The van der Waals surface area contributed by atoms with Gasteiger partial charge in [0.2, 0.25) is 0 Å². The molecule has 1 aromatic heterocycles. The minimum Gasteiger partial charge on any atom is -0.457 e. The van der Waals surface area contributed by atoms with E-state index in [0.717, 1.165) is 25.0 Å². The number of ether oxygens (including phenoxy) is 1. The minimum atomic E-state index is -0.0868. The molecule has 1 unspecified atom stereocenters. The fourth-order valence-corrected chi connectivity index (χ4v) is 4.45. The van der Waals surface area contributed by atoms with E-state index in [-0.39, 0.29) is 12.0 Å². The molecule has 1 amide bonds. The number of benzene rings is 1. The molecule has 26 heavy (non-hydrogen) atoms. The van der Waals surface area contributed by atoms with E-state index in [9.17, 15) is 4.79 Å². The first-order valence-electron chi connectivity index (χ1n) is 8.33. The van der Waals surface area contributed by atoms with Crippen LogP contribution < -0.4 is 0 Å². The van der Waals surface area contributed by atoms with E-state index < -0.39 is 0 Å². The van der Waals surface area contributed by atoms with E-state index in [2.05, 4.69) is 0 Å². The number of thiocarbonyl (C=S) groups is 1. The van der Waals surface area contributed by atoms with Crippen LogP contribution in [0.1, 0.15) is 18.6 Å². The molecule has 3 heterocycles. The summed E-state index contributed by atoms with van der Waals surface area (Å²) in [4.78, 5) is 14.9. The predicted molar refractivity (Wildman–Crippen MR) is 108 cm³/mol. The van der Waals surface area contributed by atoms with Crippen LogP contribution in [-0.4, -0.2) is 34.4 Å². The van der Waals surface area contributed by atoms with Crippen LogP contribution in [0, 0.1) is 0 Å². The summed E-state index contributed by atoms with van der Waals surface area (Å²) >= 11 is 12.7. The highest BCUT2D eigenvalue weighted by molar-refractivity contribution is 8.26. The Morgan fingerprint density at radius 1 is 1.35 bits per heavy atom. The number of amides is 1. The number of hydrogen-bond acceptors (Lipinski definition) is 5. The Labute approximate surface area is 166 Å². The molecule has 2 saturated heterocycles. The minimum absolute atomic E-state index is 0.0786. The first-order chi connectivity index (χ1) is 12.6. The molecule has 0 bridgehead atoms. The van der Waals surface area contributed by atoms with Crippen LogP contribution in [0.15, 0.2) is 45.7 Å². The summed E-state index contributed by atoms with van der Waals surface area (Å²) in [6, 6.07) is 11.2. The van der Waals surface area contributed by atoms with Gasteiger partial charge in [-0.05, 0) is 37.1 Å². The van der Waals surface area contributed by atoms with Gasteiger partial charge in [0.25, 0.3) is 5.91 Å². The van der Waals surface area contributed by atoms with Gasteiger partial charge in [0.1, 0.15) is 15.8 Å². The molecule has 134 valence electrons. The summed E-state index contributed by atoms with van der Waals surface area (Å²) in [6.45, 7) is 1.28. The lowest BCUT2D eigenvalue weighted by atomic mass is 10.2. The number of hydrogen-bond donors (Lipinski definition) is 0. The molecule has 0 aliphatic carbocycles. The Kier molecular flexibility index (Phi) is 5.18. The average Bonchev–Trinajstić information content (AvgIpc) is 3.34. The van der Waals surface area contributed by atoms with Crippen molar-refractivity contribution in [2.24, 2.45) is 0 Å². The lowest BCUT2D eigenvalue weighted by Crippen LogP contribution is -2.35. The molecular formula is C19H16ClNO3S2. The second-order valence-corrected chi connectivity index (χ2v) is 8.25. The Hall–Kier alpha value is -1.60. The van der Waals surface area contributed by atoms with Crippen molar-refractivity contribution in [1.29, 1.82) is 0 Å². The number of carbonyl (C=O) groups excluding carboxylic acids is 1. The quantitative estimate of drug-likeness (QED) is 0.530. The standard InChI is InChI=1S/C19H16ClNO3S2/c20-13-4-1-3-12(9-13)16-7-6-14(24-16)10-17-18(22)21(19(25)26-17)11-15-5-2-8-23-15/h1,3-4,6-7,9-10,15H,2,5,8,11H2/b17-10+. The molecule has 4 rings (SSSR count). The third kappa shape index (κ3) is 3.74. The smallest absolute Gasteiger partial charge is 0.266 e. The van der Waals surface area contributed by atoms with E-state index in [0.29, 0.717) is 32.3 Å². The summed E-state index contributed by atoms with van der Waals surface area (Å²) < 4.78 is 12.0. The normalized spacial score (nSPS) is 22.0. The number of carbonyl (C=O) groups is 1. The van der Waals surface area contributed by atoms with Crippen molar-refractivity contribution in [3.05, 3.63) is 52.1 Å². The van der Waals surface area contributed by atoms with Gasteiger partial charge in [-0.1, -0.05) is 47.7 Å². The van der Waals surface area contributed by atoms with Gasteiger partial charge in [-0.15, -0.1) is 0 Å². The maximum Gasteiger partial charge on any atom is 0.266 e. The first kappa shape index (κ1) is 17.8. The summed E-state index contributed by atoms with van der Waals surface area (Å²) in [5.41, 5.74) is 0.892. The van der Waals surface area contributed by atoms with Gasteiger partial charge in [-0.25, -0.2) is 0 Å². The molecule has 0 radical (unpaired) electrons. The molecule has 4 nitrogen and oxygen atoms in total. The molecule has 1 atom stereocenters. The maximum atomic E-state index is 12.7. The monoisotopic (exact) mass is 405 g/mol. The number of halogens is 1. The Bertz CT molecular complexity index is 886. The van der Waals surface area contributed by atoms with Crippen molar-refractivity contribution in [3.8, 4) is 11.3 Å². The van der Waals surface area contributed by atoms with Crippen LogP contribution in [-0.2, 0) is 9.53 Å². The van der Waals surface area contributed by atoms with Crippen LogP contribution >= 0.6 is 35.6 Å². The van der Waals surface area contributed by atoms with Crippen LogP contribution in [0.4, 0.5) is 0 Å². The van der Waals surface area contributed by atoms with Crippen molar-refractivity contribution >= 4 is 51.9 Å². The van der Waals surface area contributed by atoms with Gasteiger partial charge >= 0.3 is 0 Å². The molecule has 2 aliphatic rings. The summed E-state index contributed by atoms with van der Waals surface area (Å²) in [6.07, 6.45) is 3.82. The van der Waals surface area contributed by atoms with E-state index in [1.165, 1.54) is 11.8 Å². The molecule has 7 heteroatoms. The van der Waals surface area contributed by atoms with Crippen molar-refractivity contribution in [3.63, 3.8) is 0 Å². The highest BCUT2D eigenvalue weighted by Gasteiger charge is 2.34. The molecule has 2 aromatic rings. The second kappa shape index (κ2) is 7.56. The van der Waals surface area contributed by atoms with E-state index >= 15 is 0 Å². The lowest BCUT2D eigenvalue weighted by Gasteiger charge is -2.18. The van der Waals surface area contributed by atoms with E-state index in [1.807, 2.05) is 36.4 Å². The van der Waals surface area contributed by atoms with Crippen LogP contribution in [0.5, 0.6) is 0 Å². The van der Waals surface area contributed by atoms with Crippen molar-refractivity contribution in [2.75, 3.05) is 13.2 Å². The zero-order valence-corrected chi connectivity index (χ0v) is 16.2. The zero-order valence-electron chi connectivity index (χ0n) is 13.8. The molecule has 2 aliphatic heterocycles.